The molecule has 4 rings (SSSR count). The van der Waals surface area contributed by atoms with Crippen LogP contribution in [0.3, 0.4) is 0 Å². The second-order valence-electron chi connectivity index (χ2n) is 5.81. The molecule has 0 fully saturated rings. The highest BCUT2D eigenvalue weighted by molar-refractivity contribution is 6.02. The quantitative estimate of drug-likeness (QED) is 0.736. The second kappa shape index (κ2) is 6.08. The van der Waals surface area contributed by atoms with Crippen molar-refractivity contribution in [2.75, 3.05) is 6.54 Å². The molecule has 0 radical (unpaired) electrons. The summed E-state index contributed by atoms with van der Waals surface area (Å²) in [4.78, 5) is 16.5. The van der Waals surface area contributed by atoms with Crippen molar-refractivity contribution in [1.82, 2.24) is 14.6 Å². The van der Waals surface area contributed by atoms with Gasteiger partial charge >= 0.3 is 0 Å². The SMILES string of the molecule is O=C(Cn1cnc2cc(F)c(F)cc21)N1CCC(c2ccccc2)=N1. The number of imidazole rings is 1. The van der Waals surface area contributed by atoms with E-state index in [1.807, 2.05) is 30.3 Å². The van der Waals surface area contributed by atoms with Gasteiger partial charge in [0.25, 0.3) is 5.91 Å². The van der Waals surface area contributed by atoms with E-state index in [2.05, 4.69) is 10.1 Å². The maximum Gasteiger partial charge on any atom is 0.262 e. The summed E-state index contributed by atoms with van der Waals surface area (Å²) in [5.41, 5.74) is 2.53. The summed E-state index contributed by atoms with van der Waals surface area (Å²) in [6, 6.07) is 11.7. The molecule has 126 valence electrons. The molecule has 25 heavy (non-hydrogen) atoms. The van der Waals surface area contributed by atoms with Crippen molar-refractivity contribution >= 4 is 22.7 Å². The van der Waals surface area contributed by atoms with Gasteiger partial charge in [-0.15, -0.1) is 0 Å². The number of amides is 1. The first-order chi connectivity index (χ1) is 12.1. The van der Waals surface area contributed by atoms with E-state index in [1.165, 1.54) is 15.9 Å². The maximum absolute atomic E-state index is 13.5. The molecule has 1 amide bonds. The Bertz CT molecular complexity index is 981. The molecule has 3 aromatic rings. The van der Waals surface area contributed by atoms with Gasteiger partial charge in [-0.25, -0.2) is 18.8 Å². The molecule has 1 aliphatic heterocycles. The van der Waals surface area contributed by atoms with E-state index in [0.717, 1.165) is 23.4 Å². The van der Waals surface area contributed by atoms with Crippen LogP contribution in [0.15, 0.2) is 53.9 Å². The number of fused-ring (bicyclic) bond motifs is 1. The van der Waals surface area contributed by atoms with E-state index in [4.69, 9.17) is 0 Å². The Morgan fingerprint density at radius 1 is 1.12 bits per heavy atom. The second-order valence-corrected chi connectivity index (χ2v) is 5.81. The van der Waals surface area contributed by atoms with Crippen molar-refractivity contribution in [2.24, 2.45) is 5.10 Å². The van der Waals surface area contributed by atoms with E-state index < -0.39 is 11.6 Å². The summed E-state index contributed by atoms with van der Waals surface area (Å²) in [5.74, 6) is -2.15. The molecule has 0 N–H and O–H groups in total. The smallest absolute Gasteiger partial charge is 0.262 e. The van der Waals surface area contributed by atoms with Crippen LogP contribution >= 0.6 is 0 Å². The third kappa shape index (κ3) is 2.88. The number of hydrazone groups is 1. The van der Waals surface area contributed by atoms with E-state index >= 15 is 0 Å². The number of hydrogen-bond donors (Lipinski definition) is 0. The summed E-state index contributed by atoms with van der Waals surface area (Å²) >= 11 is 0. The number of aromatic nitrogens is 2. The average molecular weight is 340 g/mol. The van der Waals surface area contributed by atoms with E-state index in [9.17, 15) is 13.6 Å². The lowest BCUT2D eigenvalue weighted by Crippen LogP contribution is -2.27. The number of nitrogens with zero attached hydrogens (tertiary/aromatic N) is 4. The molecule has 0 saturated carbocycles. The molecule has 0 bridgehead atoms. The third-order valence-electron chi connectivity index (χ3n) is 4.17. The number of carbonyl (C=O) groups excluding carboxylic acids is 1. The lowest BCUT2D eigenvalue weighted by molar-refractivity contribution is -0.131. The number of hydrogen-bond acceptors (Lipinski definition) is 3. The van der Waals surface area contributed by atoms with Crippen LogP contribution in [0.4, 0.5) is 8.78 Å². The van der Waals surface area contributed by atoms with Gasteiger partial charge in [-0.3, -0.25) is 4.79 Å². The Balaban J connectivity index is 1.55. The minimum atomic E-state index is -0.966. The molecule has 0 atom stereocenters. The predicted molar refractivity (Wildman–Crippen MR) is 89.0 cm³/mol. The molecule has 0 aliphatic carbocycles. The van der Waals surface area contributed by atoms with Gasteiger partial charge in [0, 0.05) is 18.6 Å². The number of carbonyl (C=O) groups is 1. The van der Waals surface area contributed by atoms with Crippen LogP contribution in [0.1, 0.15) is 12.0 Å². The van der Waals surface area contributed by atoms with Gasteiger partial charge < -0.3 is 4.57 Å². The normalized spacial score (nSPS) is 14.2. The molecule has 0 spiro atoms. The van der Waals surface area contributed by atoms with Crippen LogP contribution in [0.5, 0.6) is 0 Å². The third-order valence-corrected chi connectivity index (χ3v) is 4.17. The van der Waals surface area contributed by atoms with Crippen LogP contribution in [-0.2, 0) is 11.3 Å². The van der Waals surface area contributed by atoms with Crippen LogP contribution in [-0.4, -0.2) is 32.7 Å². The summed E-state index contributed by atoms with van der Waals surface area (Å²) in [5, 5.41) is 5.79. The Morgan fingerprint density at radius 3 is 2.68 bits per heavy atom. The Morgan fingerprint density at radius 2 is 1.88 bits per heavy atom. The zero-order valence-electron chi connectivity index (χ0n) is 13.2. The first kappa shape index (κ1) is 15.4. The molecule has 1 aromatic heterocycles. The standard InChI is InChI=1S/C18H14F2N4O/c19-13-8-16-17(9-14(13)20)23(11-21-16)10-18(25)24-7-6-15(22-24)12-4-2-1-3-5-12/h1-5,8-9,11H,6-7,10H2. The minimum Gasteiger partial charge on any atom is -0.321 e. The number of halogens is 2. The van der Waals surface area contributed by atoms with E-state index in [0.29, 0.717) is 24.0 Å². The molecule has 2 heterocycles. The molecule has 0 unspecified atom stereocenters. The Labute approximate surface area is 142 Å². The van der Waals surface area contributed by atoms with Crippen LogP contribution in [0.25, 0.3) is 11.0 Å². The highest BCUT2D eigenvalue weighted by Gasteiger charge is 2.22. The molecule has 2 aromatic carbocycles. The first-order valence-corrected chi connectivity index (χ1v) is 7.85. The van der Waals surface area contributed by atoms with Gasteiger partial charge in [0.2, 0.25) is 0 Å². The number of benzene rings is 2. The lowest BCUT2D eigenvalue weighted by Gasteiger charge is -2.12. The van der Waals surface area contributed by atoms with Gasteiger partial charge in [-0.05, 0) is 5.56 Å². The van der Waals surface area contributed by atoms with Gasteiger partial charge in [0.05, 0.1) is 29.6 Å². The molecule has 1 aliphatic rings. The zero-order chi connectivity index (χ0) is 17.4. The molecular weight excluding hydrogens is 326 g/mol. The average Bonchev–Trinajstić information content (AvgIpc) is 3.25. The van der Waals surface area contributed by atoms with Crippen LogP contribution in [0.2, 0.25) is 0 Å². The summed E-state index contributed by atoms with van der Waals surface area (Å²) < 4.78 is 28.2. The van der Waals surface area contributed by atoms with Gasteiger partial charge in [-0.2, -0.15) is 5.10 Å². The van der Waals surface area contributed by atoms with Gasteiger partial charge in [0.1, 0.15) is 6.54 Å². The van der Waals surface area contributed by atoms with E-state index in [-0.39, 0.29) is 12.5 Å². The molecular formula is C18H14F2N4O. The lowest BCUT2D eigenvalue weighted by atomic mass is 10.1. The minimum absolute atomic E-state index is 0.0346. The fourth-order valence-corrected chi connectivity index (χ4v) is 2.88. The van der Waals surface area contributed by atoms with Crippen molar-refractivity contribution in [3.05, 3.63) is 66.0 Å². The fourth-order valence-electron chi connectivity index (χ4n) is 2.88. The van der Waals surface area contributed by atoms with Gasteiger partial charge in [0.15, 0.2) is 11.6 Å². The maximum atomic E-state index is 13.5. The number of rotatable bonds is 3. The van der Waals surface area contributed by atoms with Crippen molar-refractivity contribution in [3.63, 3.8) is 0 Å². The van der Waals surface area contributed by atoms with Gasteiger partial charge in [-0.1, -0.05) is 30.3 Å². The van der Waals surface area contributed by atoms with E-state index in [1.54, 1.807) is 0 Å². The summed E-state index contributed by atoms with van der Waals surface area (Å²) in [7, 11) is 0. The largest absolute Gasteiger partial charge is 0.321 e. The summed E-state index contributed by atoms with van der Waals surface area (Å²) in [6.07, 6.45) is 2.08. The topological polar surface area (TPSA) is 50.5 Å². The van der Waals surface area contributed by atoms with Crippen molar-refractivity contribution < 1.29 is 13.6 Å². The highest BCUT2D eigenvalue weighted by Crippen LogP contribution is 2.19. The highest BCUT2D eigenvalue weighted by atomic mass is 19.2. The molecule has 5 nitrogen and oxygen atoms in total. The fraction of sp³-hybridized carbons (Fsp3) is 0.167. The Hall–Kier alpha value is -3.09. The predicted octanol–water partition coefficient (Wildman–Crippen LogP) is 2.95. The van der Waals surface area contributed by atoms with Crippen molar-refractivity contribution in [2.45, 2.75) is 13.0 Å². The molecule has 0 saturated heterocycles. The zero-order valence-corrected chi connectivity index (χ0v) is 13.2. The van der Waals surface area contributed by atoms with Crippen LogP contribution < -0.4 is 0 Å². The Kier molecular flexibility index (Phi) is 3.76. The monoisotopic (exact) mass is 340 g/mol. The van der Waals surface area contributed by atoms with Crippen molar-refractivity contribution in [3.8, 4) is 0 Å². The summed E-state index contributed by atoms with van der Waals surface area (Å²) in [6.45, 7) is 0.464. The first-order valence-electron chi connectivity index (χ1n) is 7.85. The molecule has 7 heteroatoms. The van der Waals surface area contributed by atoms with Crippen LogP contribution in [0, 0.1) is 11.6 Å². The van der Waals surface area contributed by atoms with Crippen molar-refractivity contribution in [1.29, 1.82) is 0 Å².